The maximum absolute atomic E-state index is 12.4. The first-order chi connectivity index (χ1) is 11.8. The van der Waals surface area contributed by atoms with Gasteiger partial charge in [-0.25, -0.2) is 18.1 Å². The molecule has 0 saturated carbocycles. The molecule has 1 aliphatic heterocycles. The molecule has 0 bridgehead atoms. The van der Waals surface area contributed by atoms with Crippen molar-refractivity contribution in [3.63, 3.8) is 0 Å². The fourth-order valence-electron chi connectivity index (χ4n) is 2.25. The van der Waals surface area contributed by atoms with Crippen LogP contribution in [0, 0.1) is 0 Å². The predicted octanol–water partition coefficient (Wildman–Crippen LogP) is 2.06. The van der Waals surface area contributed by atoms with Gasteiger partial charge in [-0.15, -0.1) is 0 Å². The van der Waals surface area contributed by atoms with Crippen LogP contribution in [0.5, 0.6) is 5.88 Å². The van der Waals surface area contributed by atoms with Crippen LogP contribution in [-0.2, 0) is 14.8 Å². The number of rotatable bonds is 6. The van der Waals surface area contributed by atoms with Crippen molar-refractivity contribution in [2.45, 2.75) is 17.4 Å². The maximum Gasteiger partial charge on any atom is 0.241 e. The highest BCUT2D eigenvalue weighted by molar-refractivity contribution is 9.10. The third-order valence-electron chi connectivity index (χ3n) is 3.55. The van der Waals surface area contributed by atoms with Crippen molar-refractivity contribution < 1.29 is 17.9 Å². The SMILES string of the molecule is COc1nc(Nc2ccc(S(=O)(=O)NC3(C)COC3)cc2)ncc1Br. The fraction of sp³-hybridized carbons (Fsp3) is 0.333. The number of halogens is 1. The molecule has 1 fully saturated rings. The molecular formula is C15H17BrN4O4S. The summed E-state index contributed by atoms with van der Waals surface area (Å²) < 4.78 is 38.3. The first kappa shape index (κ1) is 18.1. The van der Waals surface area contributed by atoms with Crippen molar-refractivity contribution in [1.29, 1.82) is 0 Å². The highest BCUT2D eigenvalue weighted by Crippen LogP contribution is 2.24. The minimum Gasteiger partial charge on any atom is -0.480 e. The Bertz CT molecular complexity index is 870. The third kappa shape index (κ3) is 4.09. The van der Waals surface area contributed by atoms with Crippen molar-refractivity contribution in [2.24, 2.45) is 0 Å². The van der Waals surface area contributed by atoms with Gasteiger partial charge in [0.25, 0.3) is 0 Å². The highest BCUT2D eigenvalue weighted by atomic mass is 79.9. The van der Waals surface area contributed by atoms with Gasteiger partial charge >= 0.3 is 0 Å². The van der Waals surface area contributed by atoms with E-state index in [0.717, 1.165) is 0 Å². The quantitative estimate of drug-likeness (QED) is 0.725. The minimum absolute atomic E-state index is 0.181. The lowest BCUT2D eigenvalue weighted by atomic mass is 10.0. The summed E-state index contributed by atoms with van der Waals surface area (Å²) in [7, 11) is -2.09. The molecule has 1 aromatic carbocycles. The number of methoxy groups -OCH3 is 1. The molecule has 134 valence electrons. The summed E-state index contributed by atoms with van der Waals surface area (Å²) in [4.78, 5) is 8.50. The Morgan fingerprint density at radius 2 is 1.96 bits per heavy atom. The van der Waals surface area contributed by atoms with E-state index in [9.17, 15) is 8.42 Å². The molecule has 2 N–H and O–H groups in total. The van der Waals surface area contributed by atoms with E-state index in [1.807, 2.05) is 6.92 Å². The van der Waals surface area contributed by atoms with Gasteiger partial charge in [-0.05, 0) is 47.1 Å². The molecule has 2 aromatic rings. The smallest absolute Gasteiger partial charge is 0.241 e. The zero-order valence-electron chi connectivity index (χ0n) is 13.6. The average molecular weight is 429 g/mol. The Morgan fingerprint density at radius 3 is 2.52 bits per heavy atom. The highest BCUT2D eigenvalue weighted by Gasteiger charge is 2.37. The number of nitrogens with zero attached hydrogens (tertiary/aromatic N) is 2. The third-order valence-corrected chi connectivity index (χ3v) is 5.75. The van der Waals surface area contributed by atoms with Crippen LogP contribution in [0.25, 0.3) is 0 Å². The molecule has 0 amide bonds. The van der Waals surface area contributed by atoms with Crippen LogP contribution in [-0.4, -0.2) is 44.2 Å². The molecule has 0 radical (unpaired) electrons. The molecule has 10 heteroatoms. The largest absolute Gasteiger partial charge is 0.480 e. The van der Waals surface area contributed by atoms with Crippen LogP contribution in [0.3, 0.4) is 0 Å². The Labute approximate surface area is 154 Å². The lowest BCUT2D eigenvalue weighted by Gasteiger charge is -2.38. The molecule has 0 unspecified atom stereocenters. The van der Waals surface area contributed by atoms with Crippen LogP contribution in [0.2, 0.25) is 0 Å². The number of sulfonamides is 1. The zero-order valence-corrected chi connectivity index (χ0v) is 16.0. The predicted molar refractivity (Wildman–Crippen MR) is 95.6 cm³/mol. The van der Waals surface area contributed by atoms with E-state index in [1.165, 1.54) is 19.2 Å². The van der Waals surface area contributed by atoms with Gasteiger partial charge in [-0.3, -0.25) is 0 Å². The summed E-state index contributed by atoms with van der Waals surface area (Å²) in [5.41, 5.74) is 0.110. The van der Waals surface area contributed by atoms with Crippen LogP contribution in [0.1, 0.15) is 6.92 Å². The molecule has 0 aliphatic carbocycles. The molecule has 0 atom stereocenters. The second kappa shape index (κ2) is 6.87. The van der Waals surface area contributed by atoms with Crippen molar-refractivity contribution >= 4 is 37.6 Å². The van der Waals surface area contributed by atoms with Gasteiger partial charge in [-0.2, -0.15) is 4.98 Å². The molecule has 1 saturated heterocycles. The Balaban J connectivity index is 1.74. The number of ether oxygens (including phenoxy) is 2. The summed E-state index contributed by atoms with van der Waals surface area (Å²) >= 11 is 3.28. The van der Waals surface area contributed by atoms with Gasteiger partial charge in [0.15, 0.2) is 0 Å². The van der Waals surface area contributed by atoms with Gasteiger partial charge in [0.05, 0.1) is 41.4 Å². The monoisotopic (exact) mass is 428 g/mol. The lowest BCUT2D eigenvalue weighted by molar-refractivity contribution is -0.0523. The molecule has 8 nitrogen and oxygen atoms in total. The first-order valence-electron chi connectivity index (χ1n) is 7.37. The van der Waals surface area contributed by atoms with Crippen molar-refractivity contribution in [2.75, 3.05) is 25.6 Å². The molecular weight excluding hydrogens is 412 g/mol. The number of hydrogen-bond acceptors (Lipinski definition) is 7. The van der Waals surface area contributed by atoms with Crippen molar-refractivity contribution in [3.05, 3.63) is 34.9 Å². The lowest BCUT2D eigenvalue weighted by Crippen LogP contribution is -2.59. The van der Waals surface area contributed by atoms with Gasteiger partial charge in [0.2, 0.25) is 21.9 Å². The fourth-order valence-corrected chi connectivity index (χ4v) is 3.98. The van der Waals surface area contributed by atoms with E-state index in [0.29, 0.717) is 35.2 Å². The van der Waals surface area contributed by atoms with E-state index in [2.05, 4.69) is 35.9 Å². The summed E-state index contributed by atoms with van der Waals surface area (Å²) in [5, 5.41) is 3.00. The standard InChI is InChI=1S/C15H17BrN4O4S/c1-15(8-24-9-15)20-25(21,22)11-5-3-10(4-6-11)18-14-17-7-12(16)13(19-14)23-2/h3-7,20H,8-9H2,1-2H3,(H,17,18,19). The van der Waals surface area contributed by atoms with Crippen LogP contribution >= 0.6 is 15.9 Å². The van der Waals surface area contributed by atoms with E-state index in [1.54, 1.807) is 18.3 Å². The van der Waals surface area contributed by atoms with Crippen LogP contribution in [0.15, 0.2) is 39.8 Å². The summed E-state index contributed by atoms with van der Waals surface area (Å²) in [6, 6.07) is 6.32. The Kier molecular flexibility index (Phi) is 4.96. The number of aromatic nitrogens is 2. The summed E-state index contributed by atoms with van der Waals surface area (Å²) in [6.45, 7) is 2.55. The molecule has 0 spiro atoms. The van der Waals surface area contributed by atoms with Crippen LogP contribution < -0.4 is 14.8 Å². The van der Waals surface area contributed by atoms with Gasteiger partial charge < -0.3 is 14.8 Å². The average Bonchev–Trinajstić information content (AvgIpc) is 2.55. The van der Waals surface area contributed by atoms with Crippen molar-refractivity contribution in [3.8, 4) is 5.88 Å². The van der Waals surface area contributed by atoms with E-state index >= 15 is 0 Å². The van der Waals surface area contributed by atoms with Gasteiger partial charge in [-0.1, -0.05) is 0 Å². The van der Waals surface area contributed by atoms with E-state index in [4.69, 9.17) is 9.47 Å². The molecule has 1 aromatic heterocycles. The second-order valence-corrected chi connectivity index (χ2v) is 8.40. The number of benzene rings is 1. The number of hydrogen-bond donors (Lipinski definition) is 2. The Hall–Kier alpha value is -1.75. The van der Waals surface area contributed by atoms with E-state index in [-0.39, 0.29) is 4.90 Å². The number of nitrogens with one attached hydrogen (secondary N) is 2. The molecule has 1 aliphatic rings. The van der Waals surface area contributed by atoms with E-state index < -0.39 is 15.6 Å². The second-order valence-electron chi connectivity index (χ2n) is 5.86. The van der Waals surface area contributed by atoms with Crippen LogP contribution in [0.4, 0.5) is 11.6 Å². The molecule has 2 heterocycles. The minimum atomic E-state index is -3.60. The number of anilines is 2. The zero-order chi connectivity index (χ0) is 18.1. The van der Waals surface area contributed by atoms with Gasteiger partial charge in [0, 0.05) is 5.69 Å². The molecule has 25 heavy (non-hydrogen) atoms. The Morgan fingerprint density at radius 1 is 1.28 bits per heavy atom. The van der Waals surface area contributed by atoms with Crippen molar-refractivity contribution in [1.82, 2.24) is 14.7 Å². The molecule has 3 rings (SSSR count). The van der Waals surface area contributed by atoms with Gasteiger partial charge in [0.1, 0.15) is 0 Å². The summed E-state index contributed by atoms with van der Waals surface area (Å²) in [5.74, 6) is 0.741. The topological polar surface area (TPSA) is 102 Å². The summed E-state index contributed by atoms with van der Waals surface area (Å²) in [6.07, 6.45) is 1.57. The normalized spacial score (nSPS) is 16.1. The maximum atomic E-state index is 12.4. The first-order valence-corrected chi connectivity index (χ1v) is 9.64.